The van der Waals surface area contributed by atoms with Gasteiger partial charge in [-0.25, -0.2) is 12.8 Å². The zero-order chi connectivity index (χ0) is 13.3. The van der Waals surface area contributed by atoms with Gasteiger partial charge in [0.15, 0.2) is 9.84 Å². The van der Waals surface area contributed by atoms with E-state index in [2.05, 4.69) is 0 Å². The molecular weight excluding hydrogens is 265 g/mol. The first-order valence-corrected chi connectivity index (χ1v) is 7.22. The average molecular weight is 280 g/mol. The van der Waals surface area contributed by atoms with Crippen molar-refractivity contribution < 1.29 is 12.8 Å². The first kappa shape index (κ1) is 14.4. The van der Waals surface area contributed by atoms with Gasteiger partial charge in [-0.05, 0) is 26.0 Å². The minimum absolute atomic E-state index is 0.110. The molecule has 1 rings (SSSR count). The van der Waals surface area contributed by atoms with Crippen LogP contribution in [0.5, 0.6) is 0 Å². The maximum absolute atomic E-state index is 13.4. The Labute approximate surface area is 106 Å². The molecule has 6 heteroatoms. The van der Waals surface area contributed by atoms with Gasteiger partial charge < -0.3 is 5.73 Å². The van der Waals surface area contributed by atoms with E-state index in [0.29, 0.717) is 0 Å². The molecule has 17 heavy (non-hydrogen) atoms. The lowest BCUT2D eigenvalue weighted by molar-refractivity contribution is 0.541. The summed E-state index contributed by atoms with van der Waals surface area (Å²) in [5, 5.41) is 0.239. The molecule has 0 amide bonds. The Morgan fingerprint density at radius 2 is 2.00 bits per heavy atom. The van der Waals surface area contributed by atoms with E-state index in [0.717, 1.165) is 6.07 Å². The fraction of sp³-hybridized carbons (Fsp3) is 0.455. The number of rotatable bonds is 4. The molecule has 2 N–H and O–H groups in total. The molecular formula is C11H15ClFNO2S. The van der Waals surface area contributed by atoms with E-state index in [1.807, 2.05) is 0 Å². The Morgan fingerprint density at radius 1 is 1.41 bits per heavy atom. The zero-order valence-electron chi connectivity index (χ0n) is 9.70. The topological polar surface area (TPSA) is 60.2 Å². The summed E-state index contributed by atoms with van der Waals surface area (Å²) in [6.07, 6.45) is 0. The van der Waals surface area contributed by atoms with Crippen molar-refractivity contribution in [3.63, 3.8) is 0 Å². The van der Waals surface area contributed by atoms with Crippen LogP contribution in [0.25, 0.3) is 0 Å². The average Bonchev–Trinajstić information content (AvgIpc) is 2.05. The van der Waals surface area contributed by atoms with Crippen molar-refractivity contribution in [2.45, 2.75) is 25.1 Å². The lowest BCUT2D eigenvalue weighted by Gasteiger charge is -2.18. The molecule has 0 saturated carbocycles. The van der Waals surface area contributed by atoms with E-state index < -0.39 is 21.2 Å². The summed E-state index contributed by atoms with van der Waals surface area (Å²) in [6.45, 7) is 3.23. The predicted molar refractivity (Wildman–Crippen MR) is 67.2 cm³/mol. The molecule has 0 aliphatic carbocycles. The van der Waals surface area contributed by atoms with E-state index in [-0.39, 0.29) is 22.1 Å². The number of halogens is 2. The van der Waals surface area contributed by atoms with Gasteiger partial charge in [-0.2, -0.15) is 0 Å². The molecule has 0 spiro atoms. The van der Waals surface area contributed by atoms with Gasteiger partial charge in [-0.3, -0.25) is 0 Å². The van der Waals surface area contributed by atoms with Crippen molar-refractivity contribution in [3.8, 4) is 0 Å². The number of hydrogen-bond donors (Lipinski definition) is 1. The third-order valence-corrected chi connectivity index (χ3v) is 4.15. The van der Waals surface area contributed by atoms with E-state index in [4.69, 9.17) is 17.3 Å². The summed E-state index contributed by atoms with van der Waals surface area (Å²) in [4.78, 5) is 0. The third kappa shape index (κ3) is 5.02. The van der Waals surface area contributed by atoms with Gasteiger partial charge in [0.25, 0.3) is 0 Å². The minimum Gasteiger partial charge on any atom is -0.325 e. The van der Waals surface area contributed by atoms with Crippen LogP contribution in [0.4, 0.5) is 4.39 Å². The van der Waals surface area contributed by atoms with Gasteiger partial charge in [-0.1, -0.05) is 17.7 Å². The van der Waals surface area contributed by atoms with Crippen LogP contribution in [0, 0.1) is 5.82 Å². The first-order valence-electron chi connectivity index (χ1n) is 5.02. The molecule has 1 aromatic carbocycles. The van der Waals surface area contributed by atoms with Gasteiger partial charge >= 0.3 is 0 Å². The van der Waals surface area contributed by atoms with Crippen molar-refractivity contribution in [1.29, 1.82) is 0 Å². The monoisotopic (exact) mass is 279 g/mol. The molecule has 0 aliphatic heterocycles. The molecule has 0 fully saturated rings. The molecule has 0 saturated heterocycles. The van der Waals surface area contributed by atoms with Crippen LogP contribution in [0.1, 0.15) is 19.4 Å². The summed E-state index contributed by atoms with van der Waals surface area (Å²) < 4.78 is 37.0. The molecule has 0 radical (unpaired) electrons. The largest absolute Gasteiger partial charge is 0.325 e. The van der Waals surface area contributed by atoms with Crippen LogP contribution in [-0.2, 0) is 15.6 Å². The van der Waals surface area contributed by atoms with E-state index in [1.165, 1.54) is 12.1 Å². The Morgan fingerprint density at radius 3 is 2.47 bits per heavy atom. The van der Waals surface area contributed by atoms with Gasteiger partial charge in [0.2, 0.25) is 0 Å². The van der Waals surface area contributed by atoms with E-state index >= 15 is 0 Å². The second-order valence-corrected chi connectivity index (χ2v) is 7.26. The van der Waals surface area contributed by atoms with Gasteiger partial charge in [0, 0.05) is 16.1 Å². The maximum Gasteiger partial charge on any atom is 0.156 e. The summed E-state index contributed by atoms with van der Waals surface area (Å²) in [6, 6.07) is 3.93. The highest BCUT2D eigenvalue weighted by Gasteiger charge is 2.23. The fourth-order valence-corrected chi connectivity index (χ4v) is 3.60. The van der Waals surface area contributed by atoms with Crippen LogP contribution in [-0.4, -0.2) is 19.7 Å². The number of sulfone groups is 1. The van der Waals surface area contributed by atoms with Crippen molar-refractivity contribution in [1.82, 2.24) is 0 Å². The molecule has 0 unspecified atom stereocenters. The standard InChI is InChI=1S/C11H15ClFNO2S/c1-11(2,14)7-17(15,16)6-8-3-4-9(12)5-10(8)13/h3-5H,6-7,14H2,1-2H3. The summed E-state index contributed by atoms with van der Waals surface area (Å²) in [5.41, 5.74) is 4.92. The van der Waals surface area contributed by atoms with Gasteiger partial charge in [0.05, 0.1) is 11.5 Å². The molecule has 0 aromatic heterocycles. The lowest BCUT2D eigenvalue weighted by atomic mass is 10.1. The highest BCUT2D eigenvalue weighted by Crippen LogP contribution is 2.18. The second kappa shape index (κ2) is 4.92. The zero-order valence-corrected chi connectivity index (χ0v) is 11.3. The van der Waals surface area contributed by atoms with E-state index in [9.17, 15) is 12.8 Å². The quantitative estimate of drug-likeness (QED) is 0.918. The van der Waals surface area contributed by atoms with Crippen molar-refractivity contribution in [3.05, 3.63) is 34.6 Å². The molecule has 0 bridgehead atoms. The van der Waals surface area contributed by atoms with Gasteiger partial charge in [-0.15, -0.1) is 0 Å². The van der Waals surface area contributed by atoms with Gasteiger partial charge in [0.1, 0.15) is 5.82 Å². The second-order valence-electron chi connectivity index (χ2n) is 4.76. The molecule has 0 atom stereocenters. The highest BCUT2D eigenvalue weighted by molar-refractivity contribution is 7.90. The van der Waals surface area contributed by atoms with Crippen LogP contribution < -0.4 is 5.73 Å². The lowest BCUT2D eigenvalue weighted by Crippen LogP contribution is -2.40. The predicted octanol–water partition coefficient (Wildman–Crippen LogP) is 2.13. The molecule has 0 aliphatic rings. The minimum atomic E-state index is -3.44. The molecule has 96 valence electrons. The molecule has 3 nitrogen and oxygen atoms in total. The molecule has 0 heterocycles. The van der Waals surface area contributed by atoms with E-state index in [1.54, 1.807) is 13.8 Å². The summed E-state index contributed by atoms with van der Waals surface area (Å²) in [5.74, 6) is -1.17. The Kier molecular flexibility index (Phi) is 4.17. The number of benzene rings is 1. The van der Waals surface area contributed by atoms with Crippen LogP contribution in [0.3, 0.4) is 0 Å². The molecule has 1 aromatic rings. The first-order chi connectivity index (χ1) is 7.59. The summed E-state index contributed by atoms with van der Waals surface area (Å²) >= 11 is 5.59. The Hall–Kier alpha value is -0.650. The summed E-state index contributed by atoms with van der Waals surface area (Å²) in [7, 11) is -3.44. The fourth-order valence-electron chi connectivity index (χ4n) is 1.49. The van der Waals surface area contributed by atoms with Crippen molar-refractivity contribution >= 4 is 21.4 Å². The smallest absolute Gasteiger partial charge is 0.156 e. The van der Waals surface area contributed by atoms with Crippen molar-refractivity contribution in [2.24, 2.45) is 5.73 Å². The normalized spacial score (nSPS) is 12.8. The van der Waals surface area contributed by atoms with Crippen LogP contribution in [0.2, 0.25) is 5.02 Å². The SMILES string of the molecule is CC(C)(N)CS(=O)(=O)Cc1ccc(Cl)cc1F. The highest BCUT2D eigenvalue weighted by atomic mass is 35.5. The van der Waals surface area contributed by atoms with Crippen LogP contribution in [0.15, 0.2) is 18.2 Å². The van der Waals surface area contributed by atoms with Crippen LogP contribution >= 0.6 is 11.6 Å². The number of hydrogen-bond acceptors (Lipinski definition) is 3. The Balaban J connectivity index is 2.91. The maximum atomic E-state index is 13.4. The third-order valence-electron chi connectivity index (χ3n) is 1.98. The van der Waals surface area contributed by atoms with Crippen molar-refractivity contribution in [2.75, 3.05) is 5.75 Å². The number of nitrogens with two attached hydrogens (primary N) is 1. The Bertz CT molecular complexity index is 509.